The quantitative estimate of drug-likeness (QED) is 0.385. The van der Waals surface area contributed by atoms with Crippen molar-refractivity contribution in [2.45, 2.75) is 37.6 Å². The van der Waals surface area contributed by atoms with Crippen LogP contribution in [0.4, 0.5) is 4.39 Å². The van der Waals surface area contributed by atoms with Gasteiger partial charge < -0.3 is 10.6 Å². The number of guanidine groups is 1. The van der Waals surface area contributed by atoms with Crippen LogP contribution in [0.3, 0.4) is 0 Å². The van der Waals surface area contributed by atoms with Crippen LogP contribution in [0.2, 0.25) is 0 Å². The van der Waals surface area contributed by atoms with Crippen LogP contribution < -0.4 is 10.6 Å². The first-order valence-electron chi connectivity index (χ1n) is 8.44. The third-order valence-electron chi connectivity index (χ3n) is 4.75. The molecule has 0 aromatic heterocycles. The van der Waals surface area contributed by atoms with Crippen molar-refractivity contribution >= 4 is 39.8 Å². The van der Waals surface area contributed by atoms with Crippen molar-refractivity contribution in [3.05, 3.63) is 35.6 Å². The van der Waals surface area contributed by atoms with Crippen molar-refractivity contribution in [3.63, 3.8) is 0 Å². The van der Waals surface area contributed by atoms with Crippen LogP contribution in [0.1, 0.15) is 31.7 Å². The molecule has 1 saturated carbocycles. The van der Waals surface area contributed by atoms with Crippen molar-refractivity contribution in [2.24, 2.45) is 4.99 Å². The minimum absolute atomic E-state index is 0. The monoisotopic (exact) mass is 481 g/mol. The molecule has 1 unspecified atom stereocenters. The molecule has 1 heterocycles. The van der Waals surface area contributed by atoms with E-state index in [4.69, 9.17) is 0 Å². The maximum atomic E-state index is 13.5. The molecular weight excluding hydrogens is 456 g/mol. The lowest BCUT2D eigenvalue weighted by Gasteiger charge is -2.18. The molecule has 8 heteroatoms. The van der Waals surface area contributed by atoms with Crippen molar-refractivity contribution in [1.29, 1.82) is 0 Å². The molecular formula is C17H25FIN3O2S. The Morgan fingerprint density at radius 3 is 2.72 bits per heavy atom. The average Bonchev–Trinajstić information content (AvgIpc) is 3.24. The fraction of sp³-hybridized carbons (Fsp3) is 0.588. The maximum absolute atomic E-state index is 13.5. The summed E-state index contributed by atoms with van der Waals surface area (Å²) in [5.41, 5.74) is 0.914. The number of nitrogens with zero attached hydrogens (tertiary/aromatic N) is 1. The topological polar surface area (TPSA) is 70.6 Å². The Bertz CT molecular complexity index is 735. The Hall–Kier alpha value is -0.900. The van der Waals surface area contributed by atoms with Gasteiger partial charge in [0.05, 0.1) is 18.1 Å². The van der Waals surface area contributed by atoms with E-state index in [1.165, 1.54) is 6.07 Å². The number of aliphatic imine (C=N–C) groups is 1. The van der Waals surface area contributed by atoms with Crippen LogP contribution in [-0.2, 0) is 15.3 Å². The zero-order chi connectivity index (χ0) is 17.2. The predicted octanol–water partition coefficient (Wildman–Crippen LogP) is 2.22. The summed E-state index contributed by atoms with van der Waals surface area (Å²) in [4.78, 5) is 4.64. The van der Waals surface area contributed by atoms with Crippen molar-refractivity contribution < 1.29 is 12.8 Å². The third-order valence-corrected chi connectivity index (χ3v) is 6.52. The van der Waals surface area contributed by atoms with E-state index in [2.05, 4.69) is 15.6 Å². The lowest BCUT2D eigenvalue weighted by molar-refractivity contribution is 0.599. The highest BCUT2D eigenvalue weighted by Gasteiger charge is 2.44. The van der Waals surface area contributed by atoms with Gasteiger partial charge in [-0.25, -0.2) is 12.8 Å². The zero-order valence-electron chi connectivity index (χ0n) is 14.3. The Labute approximate surface area is 165 Å². The minimum Gasteiger partial charge on any atom is -0.357 e. The Morgan fingerprint density at radius 2 is 2.16 bits per heavy atom. The van der Waals surface area contributed by atoms with Crippen LogP contribution in [0.25, 0.3) is 0 Å². The first-order chi connectivity index (χ1) is 11.4. The van der Waals surface area contributed by atoms with Crippen LogP contribution in [0.15, 0.2) is 29.3 Å². The first-order valence-corrected chi connectivity index (χ1v) is 10.3. The molecule has 2 N–H and O–H groups in total. The van der Waals surface area contributed by atoms with Crippen molar-refractivity contribution in [1.82, 2.24) is 10.6 Å². The fourth-order valence-corrected chi connectivity index (χ4v) is 4.83. The van der Waals surface area contributed by atoms with Crippen LogP contribution in [0, 0.1) is 5.82 Å². The van der Waals surface area contributed by atoms with Gasteiger partial charge in [-0.05, 0) is 43.9 Å². The summed E-state index contributed by atoms with van der Waals surface area (Å²) in [5.74, 6) is 0.815. The van der Waals surface area contributed by atoms with Gasteiger partial charge in [0.2, 0.25) is 0 Å². The number of rotatable bonds is 5. The molecule has 1 aliphatic heterocycles. The summed E-state index contributed by atoms with van der Waals surface area (Å²) in [6, 6.07) is 6.65. The molecule has 1 aromatic carbocycles. The maximum Gasteiger partial charge on any atom is 0.191 e. The van der Waals surface area contributed by atoms with Gasteiger partial charge in [0.15, 0.2) is 15.8 Å². The number of hydrogen-bond acceptors (Lipinski definition) is 3. The molecule has 5 nitrogen and oxygen atoms in total. The van der Waals surface area contributed by atoms with Crippen LogP contribution in [-0.4, -0.2) is 45.0 Å². The van der Waals surface area contributed by atoms with Gasteiger partial charge in [-0.2, -0.15) is 0 Å². The number of nitrogens with one attached hydrogen (secondary N) is 2. The summed E-state index contributed by atoms with van der Waals surface area (Å²) in [5, 5.41) is 6.39. The molecule has 0 amide bonds. The number of halogens is 2. The second kappa shape index (κ2) is 8.20. The lowest BCUT2D eigenvalue weighted by atomic mass is 9.96. The Kier molecular flexibility index (Phi) is 6.69. The smallest absolute Gasteiger partial charge is 0.191 e. The van der Waals surface area contributed by atoms with Gasteiger partial charge in [-0.3, -0.25) is 4.99 Å². The molecule has 1 aliphatic carbocycles. The van der Waals surface area contributed by atoms with E-state index in [-0.39, 0.29) is 52.8 Å². The van der Waals surface area contributed by atoms with E-state index >= 15 is 0 Å². The van der Waals surface area contributed by atoms with Gasteiger partial charge in [0.1, 0.15) is 5.82 Å². The highest BCUT2D eigenvalue weighted by molar-refractivity contribution is 14.0. The molecule has 0 radical (unpaired) electrons. The van der Waals surface area contributed by atoms with Crippen LogP contribution in [0.5, 0.6) is 0 Å². The van der Waals surface area contributed by atoms with E-state index in [1.807, 2.05) is 13.0 Å². The molecule has 0 bridgehead atoms. The van der Waals surface area contributed by atoms with Gasteiger partial charge in [-0.1, -0.05) is 12.1 Å². The average molecular weight is 481 g/mol. The molecule has 2 aliphatic rings. The van der Waals surface area contributed by atoms with Gasteiger partial charge >= 0.3 is 0 Å². The van der Waals surface area contributed by atoms with E-state index in [9.17, 15) is 12.8 Å². The molecule has 1 saturated heterocycles. The number of sulfone groups is 1. The summed E-state index contributed by atoms with van der Waals surface area (Å²) in [6.45, 7) is 3.26. The standard InChI is InChI=1S/C17H24FN3O2S.HI/c1-2-19-16(21-15-6-9-24(22,23)11-15)20-12-17(7-8-17)13-4-3-5-14(18)10-13;/h3-5,10,15H,2,6-9,11-12H2,1H3,(H2,19,20,21);1H. The summed E-state index contributed by atoms with van der Waals surface area (Å²) in [7, 11) is -2.92. The van der Waals surface area contributed by atoms with Gasteiger partial charge in [0, 0.05) is 18.0 Å². The fourth-order valence-electron chi connectivity index (χ4n) is 3.16. The second-order valence-corrected chi connectivity index (χ2v) is 8.96. The van der Waals surface area contributed by atoms with Gasteiger partial charge in [-0.15, -0.1) is 24.0 Å². The SMILES string of the molecule is CCNC(=NCC1(c2cccc(F)c2)CC1)NC1CCS(=O)(=O)C1.I. The largest absolute Gasteiger partial charge is 0.357 e. The molecule has 140 valence electrons. The molecule has 3 rings (SSSR count). The van der Waals surface area contributed by atoms with Crippen LogP contribution >= 0.6 is 24.0 Å². The molecule has 1 atom stereocenters. The molecule has 2 fully saturated rings. The highest BCUT2D eigenvalue weighted by Crippen LogP contribution is 2.48. The molecule has 25 heavy (non-hydrogen) atoms. The predicted molar refractivity (Wildman–Crippen MR) is 109 cm³/mol. The first kappa shape index (κ1) is 20.4. The van der Waals surface area contributed by atoms with E-state index < -0.39 is 9.84 Å². The summed E-state index contributed by atoms with van der Waals surface area (Å²) >= 11 is 0. The van der Waals surface area contributed by atoms with Crippen molar-refractivity contribution in [3.8, 4) is 0 Å². The summed E-state index contributed by atoms with van der Waals surface area (Å²) in [6.07, 6.45) is 2.61. The second-order valence-electron chi connectivity index (χ2n) is 6.73. The normalized spacial score (nSPS) is 23.6. The van der Waals surface area contributed by atoms with E-state index in [0.29, 0.717) is 25.5 Å². The van der Waals surface area contributed by atoms with Gasteiger partial charge in [0.25, 0.3) is 0 Å². The number of benzene rings is 1. The van der Waals surface area contributed by atoms with E-state index in [1.54, 1.807) is 12.1 Å². The van der Waals surface area contributed by atoms with E-state index in [0.717, 1.165) is 18.4 Å². The summed E-state index contributed by atoms with van der Waals surface area (Å²) < 4.78 is 36.6. The van der Waals surface area contributed by atoms with Crippen molar-refractivity contribution in [2.75, 3.05) is 24.6 Å². The molecule has 0 spiro atoms. The minimum atomic E-state index is -2.92. The zero-order valence-corrected chi connectivity index (χ0v) is 17.4. The lowest BCUT2D eigenvalue weighted by Crippen LogP contribution is -2.44. The Morgan fingerprint density at radius 1 is 1.40 bits per heavy atom. The third kappa shape index (κ3) is 5.29. The highest BCUT2D eigenvalue weighted by atomic mass is 127. The number of hydrogen-bond donors (Lipinski definition) is 2. The Balaban J connectivity index is 0.00000225. The molecule has 1 aromatic rings.